The molecule has 19 heavy (non-hydrogen) atoms. The zero-order chi connectivity index (χ0) is 13.9. The van der Waals surface area contributed by atoms with Crippen LogP contribution in [-0.2, 0) is 5.92 Å². The third kappa shape index (κ3) is 3.58. The highest BCUT2D eigenvalue weighted by molar-refractivity contribution is 6.35. The van der Waals surface area contributed by atoms with Gasteiger partial charge in [0.2, 0.25) is 0 Å². The summed E-state index contributed by atoms with van der Waals surface area (Å²) in [7, 11) is 0. The molecule has 0 aliphatic rings. The van der Waals surface area contributed by atoms with E-state index in [1.54, 1.807) is 30.3 Å². The summed E-state index contributed by atoms with van der Waals surface area (Å²) in [6, 6.07) is 12.3. The molecule has 1 nitrogen and oxygen atoms in total. The number of rotatable bonds is 4. The van der Waals surface area contributed by atoms with Gasteiger partial charge >= 0.3 is 0 Å². The predicted octanol–water partition coefficient (Wildman–Crippen LogP) is 5.20. The van der Waals surface area contributed by atoms with Gasteiger partial charge in [0.25, 0.3) is 5.92 Å². The van der Waals surface area contributed by atoms with E-state index in [9.17, 15) is 8.78 Å². The van der Waals surface area contributed by atoms with Crippen LogP contribution in [0.1, 0.15) is 5.56 Å². The van der Waals surface area contributed by atoms with Crippen LogP contribution in [0.4, 0.5) is 14.5 Å². The van der Waals surface area contributed by atoms with Gasteiger partial charge in [-0.2, -0.15) is 8.78 Å². The molecule has 0 saturated heterocycles. The highest BCUT2D eigenvalue weighted by atomic mass is 35.5. The van der Waals surface area contributed by atoms with E-state index in [0.29, 0.717) is 15.7 Å². The minimum atomic E-state index is -2.98. The molecule has 0 atom stereocenters. The normalized spacial score (nSPS) is 11.4. The van der Waals surface area contributed by atoms with Crippen LogP contribution in [0.2, 0.25) is 10.0 Å². The number of halogens is 4. The zero-order valence-electron chi connectivity index (χ0n) is 9.84. The first kappa shape index (κ1) is 14.1. The fraction of sp³-hybridized carbons (Fsp3) is 0.143. The van der Waals surface area contributed by atoms with Crippen LogP contribution >= 0.6 is 23.2 Å². The quantitative estimate of drug-likeness (QED) is 0.818. The molecule has 1 N–H and O–H groups in total. The van der Waals surface area contributed by atoms with Gasteiger partial charge in [0, 0.05) is 10.6 Å². The molecule has 0 heterocycles. The first-order chi connectivity index (χ1) is 8.99. The molecule has 2 rings (SSSR count). The summed E-state index contributed by atoms with van der Waals surface area (Å²) in [6.45, 7) is -0.545. The molecule has 0 aliphatic carbocycles. The second-order valence-corrected chi connectivity index (χ2v) is 4.89. The fourth-order valence-corrected chi connectivity index (χ4v) is 1.98. The van der Waals surface area contributed by atoms with Gasteiger partial charge in [0.1, 0.15) is 0 Å². The summed E-state index contributed by atoms with van der Waals surface area (Å²) in [5.41, 5.74) is 0.352. The molecule has 2 aromatic rings. The van der Waals surface area contributed by atoms with Crippen LogP contribution in [0.5, 0.6) is 0 Å². The van der Waals surface area contributed by atoms with Crippen molar-refractivity contribution in [2.45, 2.75) is 5.92 Å². The third-order valence-corrected chi connectivity index (χ3v) is 3.19. The number of alkyl halides is 2. The van der Waals surface area contributed by atoms with Gasteiger partial charge < -0.3 is 5.32 Å². The molecule has 100 valence electrons. The van der Waals surface area contributed by atoms with E-state index in [1.807, 2.05) is 0 Å². The smallest absolute Gasteiger partial charge is 0.290 e. The SMILES string of the molecule is FC(F)(CNc1cc(Cl)ccc1Cl)c1ccccc1. The Morgan fingerprint density at radius 2 is 1.68 bits per heavy atom. The van der Waals surface area contributed by atoms with Crippen molar-refractivity contribution in [2.24, 2.45) is 0 Å². The number of hydrogen-bond acceptors (Lipinski definition) is 1. The van der Waals surface area contributed by atoms with Crippen molar-refractivity contribution in [3.8, 4) is 0 Å². The number of anilines is 1. The molecule has 2 aromatic carbocycles. The first-order valence-corrected chi connectivity index (χ1v) is 6.37. The molecular formula is C14H11Cl2F2N. The second kappa shape index (κ2) is 5.76. The number of nitrogens with one attached hydrogen (secondary N) is 1. The molecule has 0 unspecified atom stereocenters. The molecule has 0 aliphatic heterocycles. The minimum Gasteiger partial charge on any atom is -0.377 e. The lowest BCUT2D eigenvalue weighted by atomic mass is 10.1. The van der Waals surface area contributed by atoms with Crippen molar-refractivity contribution in [1.29, 1.82) is 0 Å². The summed E-state index contributed by atoms with van der Waals surface area (Å²) in [5, 5.41) is 3.42. The van der Waals surface area contributed by atoms with Gasteiger partial charge in [0.15, 0.2) is 0 Å². The molecule has 0 amide bonds. The maximum absolute atomic E-state index is 13.9. The van der Waals surface area contributed by atoms with Crippen LogP contribution in [0.25, 0.3) is 0 Å². The summed E-state index contributed by atoms with van der Waals surface area (Å²) in [6.07, 6.45) is 0. The van der Waals surface area contributed by atoms with Crippen LogP contribution < -0.4 is 5.32 Å². The van der Waals surface area contributed by atoms with Crippen molar-refractivity contribution >= 4 is 28.9 Å². The standard InChI is InChI=1S/C14H11Cl2F2N/c15-11-6-7-12(16)13(8-11)19-9-14(17,18)10-4-2-1-3-5-10/h1-8,19H,9H2. The zero-order valence-corrected chi connectivity index (χ0v) is 11.3. The molecule has 0 saturated carbocycles. The fourth-order valence-electron chi connectivity index (χ4n) is 1.62. The topological polar surface area (TPSA) is 12.0 Å². The van der Waals surface area contributed by atoms with Crippen LogP contribution in [0.3, 0.4) is 0 Å². The van der Waals surface area contributed by atoms with Gasteiger partial charge in [-0.1, -0.05) is 53.5 Å². The Kier molecular flexibility index (Phi) is 4.27. The van der Waals surface area contributed by atoms with E-state index in [0.717, 1.165) is 0 Å². The molecular weight excluding hydrogens is 291 g/mol. The predicted molar refractivity (Wildman–Crippen MR) is 75.3 cm³/mol. The Bertz CT molecular complexity index is 559. The van der Waals surface area contributed by atoms with Crippen LogP contribution in [0.15, 0.2) is 48.5 Å². The van der Waals surface area contributed by atoms with E-state index in [1.165, 1.54) is 18.2 Å². The lowest BCUT2D eigenvalue weighted by Gasteiger charge is -2.18. The average Bonchev–Trinajstić information content (AvgIpc) is 2.41. The summed E-state index contributed by atoms with van der Waals surface area (Å²) >= 11 is 11.7. The van der Waals surface area contributed by atoms with Crippen molar-refractivity contribution in [2.75, 3.05) is 11.9 Å². The number of benzene rings is 2. The molecule has 0 bridgehead atoms. The lowest BCUT2D eigenvalue weighted by Crippen LogP contribution is -2.24. The van der Waals surface area contributed by atoms with E-state index < -0.39 is 12.5 Å². The van der Waals surface area contributed by atoms with Gasteiger partial charge in [-0.15, -0.1) is 0 Å². The maximum atomic E-state index is 13.9. The van der Waals surface area contributed by atoms with E-state index in [4.69, 9.17) is 23.2 Å². The van der Waals surface area contributed by atoms with Crippen LogP contribution in [-0.4, -0.2) is 6.54 Å². The highest BCUT2D eigenvalue weighted by Gasteiger charge is 2.31. The Morgan fingerprint density at radius 1 is 1.00 bits per heavy atom. The second-order valence-electron chi connectivity index (χ2n) is 4.05. The Morgan fingerprint density at radius 3 is 2.37 bits per heavy atom. The largest absolute Gasteiger partial charge is 0.377 e. The van der Waals surface area contributed by atoms with Crippen molar-refractivity contribution in [3.63, 3.8) is 0 Å². The average molecular weight is 302 g/mol. The molecule has 5 heteroatoms. The molecule has 0 fully saturated rings. The van der Waals surface area contributed by atoms with Crippen molar-refractivity contribution in [1.82, 2.24) is 0 Å². The molecule has 0 radical (unpaired) electrons. The van der Waals surface area contributed by atoms with Gasteiger partial charge in [-0.05, 0) is 18.2 Å². The van der Waals surface area contributed by atoms with Gasteiger partial charge in [0.05, 0.1) is 17.3 Å². The van der Waals surface area contributed by atoms with Crippen molar-refractivity contribution < 1.29 is 8.78 Å². The maximum Gasteiger partial charge on any atom is 0.290 e. The minimum absolute atomic E-state index is 0.0411. The Labute approximate surface area is 120 Å². The van der Waals surface area contributed by atoms with Crippen LogP contribution in [0, 0.1) is 0 Å². The molecule has 0 spiro atoms. The lowest BCUT2D eigenvalue weighted by molar-refractivity contribution is 0.0106. The third-order valence-electron chi connectivity index (χ3n) is 2.63. The molecule has 0 aromatic heterocycles. The van der Waals surface area contributed by atoms with E-state index in [2.05, 4.69) is 5.32 Å². The Balaban J connectivity index is 2.12. The monoisotopic (exact) mass is 301 g/mol. The summed E-state index contributed by atoms with van der Waals surface area (Å²) in [5.74, 6) is -2.98. The highest BCUT2D eigenvalue weighted by Crippen LogP contribution is 2.30. The summed E-state index contributed by atoms with van der Waals surface area (Å²) in [4.78, 5) is 0. The Hall–Kier alpha value is -1.32. The summed E-state index contributed by atoms with van der Waals surface area (Å²) < 4.78 is 27.9. The number of hydrogen-bond donors (Lipinski definition) is 1. The van der Waals surface area contributed by atoms with E-state index in [-0.39, 0.29) is 5.56 Å². The van der Waals surface area contributed by atoms with Gasteiger partial charge in [-0.3, -0.25) is 0 Å². The van der Waals surface area contributed by atoms with Gasteiger partial charge in [-0.25, -0.2) is 0 Å². The van der Waals surface area contributed by atoms with Crippen molar-refractivity contribution in [3.05, 3.63) is 64.1 Å². The first-order valence-electron chi connectivity index (χ1n) is 5.61. The van der Waals surface area contributed by atoms with E-state index >= 15 is 0 Å².